The zero-order valence-electron chi connectivity index (χ0n) is 11.1. The largest absolute Gasteiger partial charge is 0.489 e. The van der Waals surface area contributed by atoms with E-state index in [1.807, 2.05) is 18.2 Å². The van der Waals surface area contributed by atoms with Gasteiger partial charge in [-0.2, -0.15) is 0 Å². The van der Waals surface area contributed by atoms with Gasteiger partial charge in [-0.05, 0) is 36.5 Å². The van der Waals surface area contributed by atoms with Crippen molar-refractivity contribution in [1.29, 1.82) is 0 Å². The van der Waals surface area contributed by atoms with Gasteiger partial charge in [0.25, 0.3) is 0 Å². The predicted octanol–water partition coefficient (Wildman–Crippen LogP) is 3.61. The summed E-state index contributed by atoms with van der Waals surface area (Å²) in [6.45, 7) is 6.35. The van der Waals surface area contributed by atoms with Gasteiger partial charge in [-0.1, -0.05) is 32.0 Å². The smallest absolute Gasteiger partial charge is 0.328 e. The Balaban J connectivity index is 2.76. The minimum absolute atomic E-state index is 0.305. The third kappa shape index (κ3) is 4.24. The van der Waals surface area contributed by atoms with Gasteiger partial charge in [-0.3, -0.25) is 0 Å². The summed E-state index contributed by atoms with van der Waals surface area (Å²) < 4.78 is 5.69. The summed E-state index contributed by atoms with van der Waals surface area (Å²) >= 11 is 0. The fourth-order valence-corrected chi connectivity index (χ4v) is 1.68. The lowest BCUT2D eigenvalue weighted by atomic mass is 9.98. The number of carboxylic acids is 1. The van der Waals surface area contributed by atoms with Gasteiger partial charge >= 0.3 is 5.97 Å². The third-order valence-electron chi connectivity index (χ3n) is 2.89. The van der Waals surface area contributed by atoms with Gasteiger partial charge in [0.05, 0.1) is 0 Å². The fourth-order valence-electron chi connectivity index (χ4n) is 1.68. The summed E-state index contributed by atoms with van der Waals surface area (Å²) in [4.78, 5) is 10.5. The SMILES string of the molecule is CCC(C)c1ccccc1OCC(C)=CC(=O)O. The van der Waals surface area contributed by atoms with Gasteiger partial charge in [0.2, 0.25) is 0 Å². The molecule has 3 heteroatoms. The van der Waals surface area contributed by atoms with Gasteiger partial charge in [0.15, 0.2) is 0 Å². The number of aliphatic carboxylic acids is 1. The minimum Gasteiger partial charge on any atom is -0.489 e. The average molecular weight is 248 g/mol. The highest BCUT2D eigenvalue weighted by atomic mass is 16.5. The molecule has 0 fully saturated rings. The van der Waals surface area contributed by atoms with Crippen LogP contribution in [0.2, 0.25) is 0 Å². The molecular formula is C15H20O3. The predicted molar refractivity (Wildman–Crippen MR) is 72.0 cm³/mol. The number of carbonyl (C=O) groups is 1. The Morgan fingerprint density at radius 3 is 2.72 bits per heavy atom. The van der Waals surface area contributed by atoms with E-state index >= 15 is 0 Å². The Labute approximate surface area is 108 Å². The van der Waals surface area contributed by atoms with Gasteiger partial charge in [-0.25, -0.2) is 4.79 Å². The fraction of sp³-hybridized carbons (Fsp3) is 0.400. The molecular weight excluding hydrogens is 228 g/mol. The molecule has 1 unspecified atom stereocenters. The maximum absolute atomic E-state index is 10.5. The molecule has 0 saturated carbocycles. The van der Waals surface area contributed by atoms with Crippen molar-refractivity contribution in [3.8, 4) is 5.75 Å². The molecule has 0 saturated heterocycles. The molecule has 0 amide bonds. The zero-order valence-corrected chi connectivity index (χ0v) is 11.1. The minimum atomic E-state index is -0.939. The highest BCUT2D eigenvalue weighted by Crippen LogP contribution is 2.28. The van der Waals surface area contributed by atoms with E-state index < -0.39 is 5.97 Å². The molecule has 0 radical (unpaired) electrons. The van der Waals surface area contributed by atoms with Crippen molar-refractivity contribution in [3.05, 3.63) is 41.5 Å². The van der Waals surface area contributed by atoms with Gasteiger partial charge in [-0.15, -0.1) is 0 Å². The summed E-state index contributed by atoms with van der Waals surface area (Å²) in [6.07, 6.45) is 2.22. The molecule has 0 aliphatic heterocycles. The van der Waals surface area contributed by atoms with Crippen LogP contribution in [0.25, 0.3) is 0 Å². The molecule has 0 spiro atoms. The number of hydrogen-bond acceptors (Lipinski definition) is 2. The molecule has 1 N–H and O–H groups in total. The first kappa shape index (κ1) is 14.3. The maximum Gasteiger partial charge on any atom is 0.328 e. The van der Waals surface area contributed by atoms with Crippen LogP contribution in [0.3, 0.4) is 0 Å². The first-order valence-corrected chi connectivity index (χ1v) is 6.16. The average Bonchev–Trinajstić information content (AvgIpc) is 2.35. The standard InChI is InChI=1S/C15H20O3/c1-4-12(3)13-7-5-6-8-14(13)18-10-11(2)9-15(16)17/h5-9,12H,4,10H2,1-3H3,(H,16,17). The van der Waals surface area contributed by atoms with E-state index in [1.165, 1.54) is 11.6 Å². The molecule has 98 valence electrons. The van der Waals surface area contributed by atoms with E-state index in [0.29, 0.717) is 18.1 Å². The summed E-state index contributed by atoms with van der Waals surface area (Å²) in [5.74, 6) is 0.334. The van der Waals surface area contributed by atoms with Crippen LogP contribution in [0.15, 0.2) is 35.9 Å². The second-order valence-corrected chi connectivity index (χ2v) is 4.46. The number of para-hydroxylation sites is 1. The summed E-state index contributed by atoms with van der Waals surface area (Å²) in [5.41, 5.74) is 1.87. The van der Waals surface area contributed by atoms with Gasteiger partial charge in [0.1, 0.15) is 12.4 Å². The highest BCUT2D eigenvalue weighted by Gasteiger charge is 2.09. The van der Waals surface area contributed by atoms with Crippen LogP contribution in [-0.2, 0) is 4.79 Å². The van der Waals surface area contributed by atoms with Crippen LogP contribution in [0, 0.1) is 0 Å². The van der Waals surface area contributed by atoms with Crippen LogP contribution < -0.4 is 4.74 Å². The Bertz CT molecular complexity index is 435. The van der Waals surface area contributed by atoms with Crippen molar-refractivity contribution in [2.45, 2.75) is 33.1 Å². The third-order valence-corrected chi connectivity index (χ3v) is 2.89. The zero-order chi connectivity index (χ0) is 13.5. The van der Waals surface area contributed by atoms with Gasteiger partial charge < -0.3 is 9.84 Å². The van der Waals surface area contributed by atoms with Crippen molar-refractivity contribution < 1.29 is 14.6 Å². The Morgan fingerprint density at radius 2 is 2.11 bits per heavy atom. The molecule has 0 aliphatic rings. The van der Waals surface area contributed by atoms with Crippen molar-refractivity contribution in [2.75, 3.05) is 6.61 Å². The van der Waals surface area contributed by atoms with Crippen LogP contribution in [0.4, 0.5) is 0 Å². The lowest BCUT2D eigenvalue weighted by Crippen LogP contribution is -2.04. The molecule has 0 aromatic heterocycles. The van der Waals surface area contributed by atoms with Crippen molar-refractivity contribution in [2.24, 2.45) is 0 Å². The first-order chi connectivity index (χ1) is 8.54. The molecule has 0 aliphatic carbocycles. The monoisotopic (exact) mass is 248 g/mol. The summed E-state index contributed by atoms with van der Waals surface area (Å²) in [6, 6.07) is 7.90. The maximum atomic E-state index is 10.5. The lowest BCUT2D eigenvalue weighted by molar-refractivity contribution is -0.131. The molecule has 1 rings (SSSR count). The normalized spacial score (nSPS) is 13.2. The van der Waals surface area contributed by atoms with Crippen LogP contribution in [0.1, 0.15) is 38.7 Å². The van der Waals surface area contributed by atoms with Crippen LogP contribution in [-0.4, -0.2) is 17.7 Å². The van der Waals surface area contributed by atoms with Crippen molar-refractivity contribution in [1.82, 2.24) is 0 Å². The Morgan fingerprint density at radius 1 is 1.44 bits per heavy atom. The quantitative estimate of drug-likeness (QED) is 0.782. The molecule has 0 bridgehead atoms. The van der Waals surface area contributed by atoms with Gasteiger partial charge in [0, 0.05) is 6.08 Å². The molecule has 1 aromatic carbocycles. The summed E-state index contributed by atoms with van der Waals surface area (Å²) in [5, 5.41) is 8.63. The van der Waals surface area contributed by atoms with E-state index in [0.717, 1.165) is 12.2 Å². The molecule has 0 heterocycles. The number of hydrogen-bond donors (Lipinski definition) is 1. The van der Waals surface area contributed by atoms with E-state index in [1.54, 1.807) is 6.92 Å². The number of benzene rings is 1. The second-order valence-electron chi connectivity index (χ2n) is 4.46. The topological polar surface area (TPSA) is 46.5 Å². The first-order valence-electron chi connectivity index (χ1n) is 6.16. The Kier molecular flexibility index (Phi) is 5.43. The number of rotatable bonds is 6. The highest BCUT2D eigenvalue weighted by molar-refractivity contribution is 5.80. The second kappa shape index (κ2) is 6.84. The molecule has 1 aromatic rings. The number of carboxylic acid groups (broad SMARTS) is 1. The van der Waals surface area contributed by atoms with Crippen molar-refractivity contribution in [3.63, 3.8) is 0 Å². The lowest BCUT2D eigenvalue weighted by Gasteiger charge is -2.15. The molecule has 18 heavy (non-hydrogen) atoms. The van der Waals surface area contributed by atoms with Crippen molar-refractivity contribution >= 4 is 5.97 Å². The van der Waals surface area contributed by atoms with E-state index in [-0.39, 0.29) is 0 Å². The van der Waals surface area contributed by atoms with E-state index in [4.69, 9.17) is 9.84 Å². The number of ether oxygens (including phenoxy) is 1. The van der Waals surface area contributed by atoms with Crippen LogP contribution in [0.5, 0.6) is 5.75 Å². The summed E-state index contributed by atoms with van der Waals surface area (Å²) in [7, 11) is 0. The molecule has 1 atom stereocenters. The molecule has 3 nitrogen and oxygen atoms in total. The Hall–Kier alpha value is -1.77. The van der Waals surface area contributed by atoms with E-state index in [9.17, 15) is 4.79 Å². The van der Waals surface area contributed by atoms with E-state index in [2.05, 4.69) is 19.9 Å². The van der Waals surface area contributed by atoms with Crippen LogP contribution >= 0.6 is 0 Å².